The Morgan fingerprint density at radius 3 is 2.65 bits per heavy atom. The third-order valence-corrected chi connectivity index (χ3v) is 5.10. The summed E-state index contributed by atoms with van der Waals surface area (Å²) in [6.45, 7) is 4.97. The van der Waals surface area contributed by atoms with Crippen LogP contribution in [0.1, 0.15) is 42.9 Å². The Kier molecular flexibility index (Phi) is 5.12. The number of anilines is 1. The highest BCUT2D eigenvalue weighted by Crippen LogP contribution is 2.37. The minimum Gasteiger partial charge on any atom is -0.491 e. The zero-order valence-electron chi connectivity index (χ0n) is 18.1. The van der Waals surface area contributed by atoms with Gasteiger partial charge in [-0.25, -0.2) is 14.4 Å². The molecule has 3 aromatic heterocycles. The molecule has 4 rings (SSSR count). The van der Waals surface area contributed by atoms with Gasteiger partial charge in [0.25, 0.3) is 11.8 Å². The number of amides is 1. The van der Waals surface area contributed by atoms with Gasteiger partial charge in [0.05, 0.1) is 43.8 Å². The molecule has 31 heavy (non-hydrogen) atoms. The molecule has 3 aromatic rings. The van der Waals surface area contributed by atoms with E-state index in [-0.39, 0.29) is 18.5 Å². The van der Waals surface area contributed by atoms with Gasteiger partial charge in [-0.2, -0.15) is 5.10 Å². The molecule has 9 heteroatoms. The number of methoxy groups -OCH3 is 2. The van der Waals surface area contributed by atoms with Gasteiger partial charge in [0.15, 0.2) is 11.6 Å². The van der Waals surface area contributed by atoms with E-state index in [4.69, 9.17) is 14.5 Å². The van der Waals surface area contributed by atoms with E-state index in [0.717, 1.165) is 5.56 Å². The maximum absolute atomic E-state index is 14.0. The lowest BCUT2D eigenvalue weighted by Crippen LogP contribution is -2.27. The van der Waals surface area contributed by atoms with Crippen LogP contribution in [0.15, 0.2) is 36.7 Å². The van der Waals surface area contributed by atoms with Crippen LogP contribution >= 0.6 is 0 Å². The van der Waals surface area contributed by atoms with E-state index in [1.807, 2.05) is 6.92 Å². The van der Waals surface area contributed by atoms with Crippen molar-refractivity contribution in [1.29, 1.82) is 0 Å². The molecule has 0 saturated heterocycles. The Bertz CT molecular complexity index is 1140. The Balaban J connectivity index is 1.66. The highest BCUT2D eigenvalue weighted by molar-refractivity contribution is 6.10. The number of aromatic nitrogens is 4. The Morgan fingerprint density at radius 1 is 1.19 bits per heavy atom. The van der Waals surface area contributed by atoms with Crippen LogP contribution in [0.3, 0.4) is 0 Å². The van der Waals surface area contributed by atoms with E-state index in [2.05, 4.69) is 10.1 Å². The fourth-order valence-corrected chi connectivity index (χ4v) is 3.69. The molecule has 1 aliphatic rings. The molecule has 4 heterocycles. The fraction of sp³-hybridized carbons (Fsp3) is 0.364. The molecule has 0 radical (unpaired) electrons. The van der Waals surface area contributed by atoms with Gasteiger partial charge in [0, 0.05) is 24.0 Å². The molecule has 0 fully saturated rings. The van der Waals surface area contributed by atoms with Crippen LogP contribution < -0.4 is 14.4 Å². The van der Waals surface area contributed by atoms with Gasteiger partial charge in [-0.05, 0) is 39.0 Å². The number of ether oxygens (including phenoxy) is 2. The maximum atomic E-state index is 14.0. The Morgan fingerprint density at radius 2 is 1.97 bits per heavy atom. The highest BCUT2D eigenvalue weighted by Gasteiger charge is 2.38. The number of halogens is 1. The first kappa shape index (κ1) is 20.8. The van der Waals surface area contributed by atoms with Gasteiger partial charge in [0.1, 0.15) is 5.67 Å². The molecule has 0 aromatic carbocycles. The van der Waals surface area contributed by atoms with Crippen molar-refractivity contribution in [3.63, 3.8) is 0 Å². The number of carbonyl (C=O) groups is 1. The largest absolute Gasteiger partial charge is 0.491 e. The van der Waals surface area contributed by atoms with Crippen molar-refractivity contribution >= 4 is 11.7 Å². The predicted molar refractivity (Wildman–Crippen MR) is 113 cm³/mol. The molecule has 0 saturated carbocycles. The van der Waals surface area contributed by atoms with Crippen LogP contribution in [-0.2, 0) is 6.54 Å². The van der Waals surface area contributed by atoms with E-state index < -0.39 is 5.67 Å². The number of fused-ring (bicyclic) bond motifs is 1. The van der Waals surface area contributed by atoms with Crippen molar-refractivity contribution < 1.29 is 18.7 Å². The summed E-state index contributed by atoms with van der Waals surface area (Å²) in [5, 5.41) is 4.40. The number of pyridine rings is 2. The molecular formula is C22H24FN5O3. The SMILES string of the molecule is COc1cc(-c2ccc3c(n2)[C@@H](C)N(c2ccn(CC(C)(C)F)n2)C3=O)cnc1OC. The average molecular weight is 425 g/mol. The summed E-state index contributed by atoms with van der Waals surface area (Å²) in [4.78, 5) is 23.6. The minimum absolute atomic E-state index is 0.102. The fourth-order valence-electron chi connectivity index (χ4n) is 3.69. The second-order valence-corrected chi connectivity index (χ2v) is 8.01. The summed E-state index contributed by atoms with van der Waals surface area (Å²) < 4.78 is 26.0. The van der Waals surface area contributed by atoms with Gasteiger partial charge >= 0.3 is 0 Å². The molecule has 0 aliphatic carbocycles. The van der Waals surface area contributed by atoms with E-state index in [0.29, 0.717) is 34.4 Å². The minimum atomic E-state index is -1.41. The third kappa shape index (κ3) is 3.83. The maximum Gasteiger partial charge on any atom is 0.262 e. The molecule has 1 aliphatic heterocycles. The van der Waals surface area contributed by atoms with Crippen LogP contribution in [-0.4, -0.2) is 45.5 Å². The summed E-state index contributed by atoms with van der Waals surface area (Å²) in [6.07, 6.45) is 3.32. The molecule has 1 amide bonds. The molecule has 8 nitrogen and oxygen atoms in total. The second kappa shape index (κ2) is 7.64. The van der Waals surface area contributed by atoms with Crippen LogP contribution in [0, 0.1) is 0 Å². The van der Waals surface area contributed by atoms with Crippen LogP contribution in [0.4, 0.5) is 10.2 Å². The molecule has 0 N–H and O–H groups in total. The Hall–Kier alpha value is -3.49. The molecule has 0 bridgehead atoms. The summed E-state index contributed by atoms with van der Waals surface area (Å²) >= 11 is 0. The van der Waals surface area contributed by atoms with Crippen molar-refractivity contribution in [2.24, 2.45) is 0 Å². The van der Waals surface area contributed by atoms with Crippen molar-refractivity contribution in [2.75, 3.05) is 19.1 Å². The van der Waals surface area contributed by atoms with Crippen molar-refractivity contribution in [2.45, 2.75) is 39.0 Å². The first-order valence-electron chi connectivity index (χ1n) is 9.87. The van der Waals surface area contributed by atoms with E-state index in [1.165, 1.54) is 25.6 Å². The van der Waals surface area contributed by atoms with Crippen LogP contribution in [0.2, 0.25) is 0 Å². The van der Waals surface area contributed by atoms with Crippen molar-refractivity contribution in [3.05, 3.63) is 47.9 Å². The number of alkyl halides is 1. The van der Waals surface area contributed by atoms with E-state index in [1.54, 1.807) is 48.7 Å². The normalized spacial score (nSPS) is 15.9. The van der Waals surface area contributed by atoms with Gasteiger partial charge in [-0.3, -0.25) is 14.4 Å². The first-order chi connectivity index (χ1) is 14.7. The smallest absolute Gasteiger partial charge is 0.262 e. The Labute approximate surface area is 179 Å². The summed E-state index contributed by atoms with van der Waals surface area (Å²) in [5.41, 5.74) is 1.17. The van der Waals surface area contributed by atoms with Gasteiger partial charge in [0.2, 0.25) is 0 Å². The average Bonchev–Trinajstić information content (AvgIpc) is 3.27. The lowest BCUT2D eigenvalue weighted by molar-refractivity contribution is 0.0991. The standard InChI is InChI=1S/C22H24FN5O3/c1-13-19-15(21(29)28(13)18-8-9-27(26-18)12-22(2,3)23)6-7-16(25-19)14-10-17(30-4)20(31-5)24-11-14/h6-11,13H,12H2,1-5H3/t13-/m1/s1. The number of hydrogen-bond acceptors (Lipinski definition) is 6. The van der Waals surface area contributed by atoms with Crippen LogP contribution in [0.5, 0.6) is 11.6 Å². The molecular weight excluding hydrogens is 401 g/mol. The van der Waals surface area contributed by atoms with Gasteiger partial charge in [-0.15, -0.1) is 0 Å². The number of hydrogen-bond donors (Lipinski definition) is 0. The molecule has 0 unspecified atom stereocenters. The predicted octanol–water partition coefficient (Wildman–Crippen LogP) is 3.83. The van der Waals surface area contributed by atoms with Gasteiger partial charge < -0.3 is 9.47 Å². The molecule has 1 atom stereocenters. The number of rotatable bonds is 6. The lowest BCUT2D eigenvalue weighted by atomic mass is 10.1. The highest BCUT2D eigenvalue weighted by atomic mass is 19.1. The lowest BCUT2D eigenvalue weighted by Gasteiger charge is -2.19. The summed E-state index contributed by atoms with van der Waals surface area (Å²) in [7, 11) is 3.07. The zero-order valence-corrected chi connectivity index (χ0v) is 18.1. The van der Waals surface area contributed by atoms with E-state index >= 15 is 0 Å². The van der Waals surface area contributed by atoms with Crippen molar-refractivity contribution in [3.8, 4) is 22.9 Å². The van der Waals surface area contributed by atoms with Crippen LogP contribution in [0.25, 0.3) is 11.3 Å². The quantitative estimate of drug-likeness (QED) is 0.597. The topological polar surface area (TPSA) is 82.4 Å². The van der Waals surface area contributed by atoms with E-state index in [9.17, 15) is 9.18 Å². The number of nitrogens with zero attached hydrogens (tertiary/aromatic N) is 5. The first-order valence-corrected chi connectivity index (χ1v) is 9.87. The third-order valence-electron chi connectivity index (χ3n) is 5.10. The zero-order chi connectivity index (χ0) is 22.3. The molecule has 0 spiro atoms. The summed E-state index contributed by atoms with van der Waals surface area (Å²) in [5.74, 6) is 1.16. The number of carbonyl (C=O) groups excluding carboxylic acids is 1. The van der Waals surface area contributed by atoms with Gasteiger partial charge in [-0.1, -0.05) is 0 Å². The molecule has 162 valence electrons. The second-order valence-electron chi connectivity index (χ2n) is 8.01. The monoisotopic (exact) mass is 425 g/mol. The summed E-state index contributed by atoms with van der Waals surface area (Å²) in [6, 6.07) is 6.72. The van der Waals surface area contributed by atoms with Crippen molar-refractivity contribution in [1.82, 2.24) is 19.7 Å².